The van der Waals surface area contributed by atoms with Gasteiger partial charge in [-0.25, -0.2) is 4.39 Å². The number of nitrogens with zero attached hydrogens (tertiary/aromatic N) is 1. The summed E-state index contributed by atoms with van der Waals surface area (Å²) in [6.45, 7) is 4.01. The number of nitrogens with one attached hydrogen (secondary N) is 1. The van der Waals surface area contributed by atoms with Gasteiger partial charge in [0.15, 0.2) is 0 Å². The van der Waals surface area contributed by atoms with Gasteiger partial charge in [-0.3, -0.25) is 9.69 Å². The van der Waals surface area contributed by atoms with E-state index in [9.17, 15) is 9.18 Å². The number of carbonyl (C=O) groups is 1. The summed E-state index contributed by atoms with van der Waals surface area (Å²) < 4.78 is 18.4. The van der Waals surface area contributed by atoms with Gasteiger partial charge >= 0.3 is 0 Å². The number of aryl methyl sites for hydroxylation is 1. The summed E-state index contributed by atoms with van der Waals surface area (Å²) in [4.78, 5) is 14.8. The highest BCUT2D eigenvalue weighted by molar-refractivity contribution is 5.76. The number of halogens is 1. The highest BCUT2D eigenvalue weighted by Crippen LogP contribution is 2.16. The molecule has 0 aliphatic carbocycles. The van der Waals surface area contributed by atoms with Gasteiger partial charge in [-0.1, -0.05) is 42.5 Å². The van der Waals surface area contributed by atoms with Crippen molar-refractivity contribution in [3.8, 4) is 0 Å². The molecule has 5 heteroatoms. The molecule has 0 spiro atoms. The van der Waals surface area contributed by atoms with Crippen LogP contribution in [0.5, 0.6) is 0 Å². The third-order valence-electron chi connectivity index (χ3n) is 4.64. The first-order valence-electron chi connectivity index (χ1n) is 9.09. The fraction of sp³-hybridized carbons (Fsp3) is 0.381. The first-order chi connectivity index (χ1) is 12.7. The van der Waals surface area contributed by atoms with E-state index in [1.54, 1.807) is 12.1 Å². The molecule has 0 unspecified atom stereocenters. The van der Waals surface area contributed by atoms with Crippen molar-refractivity contribution >= 4 is 5.91 Å². The van der Waals surface area contributed by atoms with Crippen LogP contribution in [0.3, 0.4) is 0 Å². The molecular weight excluding hydrogens is 331 g/mol. The van der Waals surface area contributed by atoms with Crippen molar-refractivity contribution in [1.82, 2.24) is 10.2 Å². The van der Waals surface area contributed by atoms with Gasteiger partial charge in [0.05, 0.1) is 19.3 Å². The van der Waals surface area contributed by atoms with Gasteiger partial charge in [-0.05, 0) is 29.7 Å². The number of ether oxygens (including phenoxy) is 1. The predicted octanol–water partition coefficient (Wildman–Crippen LogP) is 2.95. The standard InChI is InChI=1S/C21H25FN2O2/c22-19-9-6-17(7-10-19)8-11-21(25)23-20(18-4-2-1-3-5-18)16-24-12-14-26-15-13-24/h1-7,9-10,20H,8,11-16H2,(H,23,25)/t20-/m1/s1. The minimum Gasteiger partial charge on any atom is -0.379 e. The van der Waals surface area contributed by atoms with Crippen LogP contribution in [0.4, 0.5) is 4.39 Å². The molecule has 1 amide bonds. The van der Waals surface area contributed by atoms with Gasteiger partial charge in [-0.2, -0.15) is 0 Å². The molecule has 26 heavy (non-hydrogen) atoms. The molecule has 1 aliphatic heterocycles. The van der Waals surface area contributed by atoms with E-state index in [0.717, 1.165) is 44.0 Å². The summed E-state index contributed by atoms with van der Waals surface area (Å²) >= 11 is 0. The van der Waals surface area contributed by atoms with Crippen molar-refractivity contribution in [3.05, 3.63) is 71.5 Å². The minimum absolute atomic E-state index is 0.0106. The molecule has 4 nitrogen and oxygen atoms in total. The highest BCUT2D eigenvalue weighted by Gasteiger charge is 2.20. The maximum absolute atomic E-state index is 13.0. The first kappa shape index (κ1) is 18.5. The van der Waals surface area contributed by atoms with E-state index in [0.29, 0.717) is 12.8 Å². The zero-order valence-electron chi connectivity index (χ0n) is 14.9. The quantitative estimate of drug-likeness (QED) is 0.829. The molecular formula is C21H25FN2O2. The lowest BCUT2D eigenvalue weighted by Crippen LogP contribution is -2.43. The van der Waals surface area contributed by atoms with E-state index in [2.05, 4.69) is 10.2 Å². The molecule has 0 radical (unpaired) electrons. The van der Waals surface area contributed by atoms with Crippen LogP contribution in [0.15, 0.2) is 54.6 Å². The number of hydrogen-bond acceptors (Lipinski definition) is 3. The van der Waals surface area contributed by atoms with Crippen LogP contribution >= 0.6 is 0 Å². The molecule has 1 saturated heterocycles. The van der Waals surface area contributed by atoms with Gasteiger partial charge < -0.3 is 10.1 Å². The summed E-state index contributed by atoms with van der Waals surface area (Å²) in [6.07, 6.45) is 0.989. The van der Waals surface area contributed by atoms with Gasteiger partial charge in [0, 0.05) is 26.1 Å². The molecule has 0 saturated carbocycles. The smallest absolute Gasteiger partial charge is 0.220 e. The maximum Gasteiger partial charge on any atom is 0.220 e. The molecule has 0 bridgehead atoms. The van der Waals surface area contributed by atoms with Crippen molar-refractivity contribution in [1.29, 1.82) is 0 Å². The van der Waals surface area contributed by atoms with Crippen molar-refractivity contribution in [2.24, 2.45) is 0 Å². The Labute approximate surface area is 154 Å². The summed E-state index contributed by atoms with van der Waals surface area (Å²) in [7, 11) is 0. The summed E-state index contributed by atoms with van der Waals surface area (Å²) in [6, 6.07) is 16.3. The monoisotopic (exact) mass is 356 g/mol. The van der Waals surface area contributed by atoms with Crippen LogP contribution < -0.4 is 5.32 Å². The van der Waals surface area contributed by atoms with Crippen LogP contribution in [0, 0.1) is 5.82 Å². The van der Waals surface area contributed by atoms with Crippen LogP contribution in [0.25, 0.3) is 0 Å². The largest absolute Gasteiger partial charge is 0.379 e. The highest BCUT2D eigenvalue weighted by atomic mass is 19.1. The van der Waals surface area contributed by atoms with Gasteiger partial charge in [0.1, 0.15) is 5.82 Å². The molecule has 3 rings (SSSR count). The fourth-order valence-electron chi connectivity index (χ4n) is 3.14. The molecule has 1 atom stereocenters. The third-order valence-corrected chi connectivity index (χ3v) is 4.64. The van der Waals surface area contributed by atoms with Crippen molar-refractivity contribution in [2.45, 2.75) is 18.9 Å². The Morgan fingerprint density at radius 2 is 1.77 bits per heavy atom. The molecule has 1 heterocycles. The Bertz CT molecular complexity index is 685. The lowest BCUT2D eigenvalue weighted by molar-refractivity contribution is -0.122. The van der Waals surface area contributed by atoms with E-state index >= 15 is 0 Å². The minimum atomic E-state index is -0.257. The molecule has 138 valence electrons. The molecule has 1 N–H and O–H groups in total. The second-order valence-electron chi connectivity index (χ2n) is 6.57. The second kappa shape index (κ2) is 9.46. The van der Waals surface area contributed by atoms with Gasteiger partial charge in [-0.15, -0.1) is 0 Å². The SMILES string of the molecule is O=C(CCc1ccc(F)cc1)N[C@H](CN1CCOCC1)c1ccccc1. The van der Waals surface area contributed by atoms with E-state index in [4.69, 9.17) is 4.74 Å². The molecule has 2 aromatic carbocycles. The summed E-state index contributed by atoms with van der Waals surface area (Å²) in [5, 5.41) is 3.17. The molecule has 1 fully saturated rings. The normalized spacial score (nSPS) is 16.2. The summed E-state index contributed by atoms with van der Waals surface area (Å²) in [5.41, 5.74) is 2.07. The maximum atomic E-state index is 13.0. The topological polar surface area (TPSA) is 41.6 Å². The Morgan fingerprint density at radius 1 is 1.08 bits per heavy atom. The fourth-order valence-corrected chi connectivity index (χ4v) is 3.14. The third kappa shape index (κ3) is 5.64. The molecule has 2 aromatic rings. The number of morpholine rings is 1. The van der Waals surface area contributed by atoms with E-state index < -0.39 is 0 Å². The Morgan fingerprint density at radius 3 is 2.46 bits per heavy atom. The number of hydrogen-bond donors (Lipinski definition) is 1. The van der Waals surface area contributed by atoms with Crippen LogP contribution in [0.1, 0.15) is 23.6 Å². The Kier molecular flexibility index (Phi) is 6.75. The second-order valence-corrected chi connectivity index (χ2v) is 6.57. The average Bonchev–Trinajstić information content (AvgIpc) is 2.68. The predicted molar refractivity (Wildman–Crippen MR) is 99.3 cm³/mol. The van der Waals surface area contributed by atoms with Crippen molar-refractivity contribution in [2.75, 3.05) is 32.8 Å². The van der Waals surface area contributed by atoms with Crippen LogP contribution in [-0.4, -0.2) is 43.7 Å². The zero-order valence-corrected chi connectivity index (χ0v) is 14.9. The van der Waals surface area contributed by atoms with E-state index in [1.807, 2.05) is 30.3 Å². The van der Waals surface area contributed by atoms with Crippen LogP contribution in [0.2, 0.25) is 0 Å². The van der Waals surface area contributed by atoms with Crippen molar-refractivity contribution in [3.63, 3.8) is 0 Å². The van der Waals surface area contributed by atoms with Crippen LogP contribution in [-0.2, 0) is 16.0 Å². The van der Waals surface area contributed by atoms with Gasteiger partial charge in [0.2, 0.25) is 5.91 Å². The Hall–Kier alpha value is -2.24. The number of rotatable bonds is 7. The lowest BCUT2D eigenvalue weighted by Gasteiger charge is -2.31. The summed E-state index contributed by atoms with van der Waals surface area (Å²) in [5.74, 6) is -0.246. The van der Waals surface area contributed by atoms with E-state index in [-0.39, 0.29) is 17.8 Å². The average molecular weight is 356 g/mol. The first-order valence-corrected chi connectivity index (χ1v) is 9.09. The van der Waals surface area contributed by atoms with Gasteiger partial charge in [0.25, 0.3) is 0 Å². The number of benzene rings is 2. The van der Waals surface area contributed by atoms with E-state index in [1.165, 1.54) is 12.1 Å². The zero-order chi connectivity index (χ0) is 18.2. The Balaban J connectivity index is 1.58. The molecule has 1 aliphatic rings. The number of carbonyl (C=O) groups excluding carboxylic acids is 1. The number of amides is 1. The van der Waals surface area contributed by atoms with Crippen molar-refractivity contribution < 1.29 is 13.9 Å². The molecule has 0 aromatic heterocycles. The lowest BCUT2D eigenvalue weighted by atomic mass is 10.0.